The monoisotopic (exact) mass is 340 g/mol. The van der Waals surface area contributed by atoms with E-state index in [4.69, 9.17) is 4.74 Å². The molecule has 0 radical (unpaired) electrons. The van der Waals surface area contributed by atoms with E-state index in [9.17, 15) is 9.00 Å². The topological polar surface area (TPSA) is 67.4 Å². The Kier molecular flexibility index (Phi) is 7.55. The molecule has 23 heavy (non-hydrogen) atoms. The molecule has 1 aromatic carbocycles. The number of amides is 2. The molecule has 0 heterocycles. The number of carbonyl (C=O) groups is 1. The molecule has 5 nitrogen and oxygen atoms in total. The van der Waals surface area contributed by atoms with Crippen LogP contribution in [-0.2, 0) is 17.2 Å². The molecule has 130 valence electrons. The van der Waals surface area contributed by atoms with Gasteiger partial charge in [-0.05, 0) is 51.3 Å². The summed E-state index contributed by atoms with van der Waals surface area (Å²) in [5.41, 5.74) is 2.20. The largest absolute Gasteiger partial charge is 0.496 e. The smallest absolute Gasteiger partial charge is 0.314 e. The number of carbonyl (C=O) groups excluding carboxylic acids is 1. The first-order valence-corrected chi connectivity index (χ1v) is 9.09. The summed E-state index contributed by atoms with van der Waals surface area (Å²) in [5.74, 6) is 1.32. The summed E-state index contributed by atoms with van der Waals surface area (Å²) in [4.78, 5) is 11.7. The molecule has 0 saturated carbocycles. The lowest BCUT2D eigenvalue weighted by Gasteiger charge is -2.17. The fourth-order valence-corrected chi connectivity index (χ4v) is 2.87. The molecule has 0 fully saturated rings. The highest BCUT2D eigenvalue weighted by molar-refractivity contribution is 7.86. The van der Waals surface area contributed by atoms with Gasteiger partial charge < -0.3 is 15.4 Å². The first-order valence-electron chi connectivity index (χ1n) is 7.77. The molecular weight excluding hydrogens is 312 g/mol. The Hall–Kier alpha value is -1.56. The van der Waals surface area contributed by atoms with Gasteiger partial charge in [0.25, 0.3) is 0 Å². The number of methoxy groups -OCH3 is 1. The third kappa shape index (κ3) is 7.03. The van der Waals surface area contributed by atoms with Gasteiger partial charge in [-0.2, -0.15) is 0 Å². The van der Waals surface area contributed by atoms with Crippen LogP contribution in [0, 0.1) is 6.92 Å². The summed E-state index contributed by atoms with van der Waals surface area (Å²) < 4.78 is 16.9. The first kappa shape index (κ1) is 19.5. The van der Waals surface area contributed by atoms with Gasteiger partial charge in [0, 0.05) is 34.4 Å². The van der Waals surface area contributed by atoms with Crippen molar-refractivity contribution in [2.45, 2.75) is 38.9 Å². The van der Waals surface area contributed by atoms with Gasteiger partial charge in [-0.3, -0.25) is 4.21 Å². The van der Waals surface area contributed by atoms with E-state index in [2.05, 4.69) is 10.6 Å². The average molecular weight is 340 g/mol. The molecule has 2 amide bonds. The highest BCUT2D eigenvalue weighted by atomic mass is 32.2. The Morgan fingerprint density at radius 2 is 1.87 bits per heavy atom. The van der Waals surface area contributed by atoms with Gasteiger partial charge >= 0.3 is 6.03 Å². The normalized spacial score (nSPS) is 12.6. The zero-order valence-corrected chi connectivity index (χ0v) is 15.5. The van der Waals surface area contributed by atoms with Crippen LogP contribution in [0.3, 0.4) is 0 Å². The van der Waals surface area contributed by atoms with Crippen molar-refractivity contribution in [1.29, 1.82) is 0 Å². The SMILES string of the molecule is COc1cc(CCNC(=O)NCCS(=O)C(C)(C)C)ccc1C. The molecule has 0 bridgehead atoms. The van der Waals surface area contributed by atoms with Crippen molar-refractivity contribution in [3.05, 3.63) is 29.3 Å². The molecule has 0 aromatic heterocycles. The van der Waals surface area contributed by atoms with Crippen LogP contribution >= 0.6 is 0 Å². The van der Waals surface area contributed by atoms with Crippen molar-refractivity contribution in [2.75, 3.05) is 26.0 Å². The number of hydrogen-bond donors (Lipinski definition) is 2. The number of nitrogens with one attached hydrogen (secondary N) is 2. The molecule has 0 saturated heterocycles. The number of hydrogen-bond acceptors (Lipinski definition) is 3. The lowest BCUT2D eigenvalue weighted by atomic mass is 10.1. The Labute approximate surface area is 141 Å². The Bertz CT molecular complexity index is 553. The van der Waals surface area contributed by atoms with Gasteiger partial charge in [-0.1, -0.05) is 12.1 Å². The maximum Gasteiger partial charge on any atom is 0.314 e. The molecule has 1 unspecified atom stereocenters. The fourth-order valence-electron chi connectivity index (χ4n) is 1.97. The van der Waals surface area contributed by atoms with Crippen molar-refractivity contribution in [3.63, 3.8) is 0 Å². The van der Waals surface area contributed by atoms with E-state index < -0.39 is 10.8 Å². The highest BCUT2D eigenvalue weighted by Crippen LogP contribution is 2.18. The second kappa shape index (κ2) is 8.91. The van der Waals surface area contributed by atoms with Crippen LogP contribution in [0.1, 0.15) is 31.9 Å². The molecule has 0 aliphatic carbocycles. The molecular formula is C17H28N2O3S. The van der Waals surface area contributed by atoms with Gasteiger partial charge in [0.05, 0.1) is 7.11 Å². The Balaban J connectivity index is 2.28. The van der Waals surface area contributed by atoms with Gasteiger partial charge in [-0.15, -0.1) is 0 Å². The molecule has 1 atom stereocenters. The second-order valence-electron chi connectivity index (χ2n) is 6.40. The summed E-state index contributed by atoms with van der Waals surface area (Å²) in [6.45, 7) is 8.74. The standard InChI is InChI=1S/C17H28N2O3S/c1-13-6-7-14(12-15(13)22-5)8-9-18-16(20)19-10-11-23(21)17(2,3)4/h6-7,12H,8-11H2,1-5H3,(H2,18,19,20). The quantitative estimate of drug-likeness (QED) is 0.801. The molecule has 0 aliphatic heterocycles. The van der Waals surface area contributed by atoms with Crippen LogP contribution in [0.2, 0.25) is 0 Å². The minimum atomic E-state index is -0.952. The van der Waals surface area contributed by atoms with E-state index >= 15 is 0 Å². The van der Waals surface area contributed by atoms with Gasteiger partial charge in [0.15, 0.2) is 0 Å². The molecule has 1 rings (SSSR count). The summed E-state index contributed by atoms with van der Waals surface area (Å²) in [6, 6.07) is 5.80. The zero-order valence-electron chi connectivity index (χ0n) is 14.7. The lowest BCUT2D eigenvalue weighted by Crippen LogP contribution is -2.39. The average Bonchev–Trinajstić information content (AvgIpc) is 2.47. The Morgan fingerprint density at radius 1 is 1.22 bits per heavy atom. The van der Waals surface area contributed by atoms with Crippen LogP contribution in [-0.4, -0.2) is 40.9 Å². The first-order chi connectivity index (χ1) is 10.7. The number of benzene rings is 1. The van der Waals surface area contributed by atoms with E-state index in [0.29, 0.717) is 18.8 Å². The minimum absolute atomic E-state index is 0.227. The van der Waals surface area contributed by atoms with Crippen LogP contribution < -0.4 is 15.4 Å². The van der Waals surface area contributed by atoms with E-state index in [0.717, 1.165) is 23.3 Å². The molecule has 2 N–H and O–H groups in total. The number of ether oxygens (including phenoxy) is 1. The zero-order chi connectivity index (χ0) is 17.5. The minimum Gasteiger partial charge on any atom is -0.496 e. The predicted molar refractivity (Wildman–Crippen MR) is 95.6 cm³/mol. The third-order valence-electron chi connectivity index (χ3n) is 3.43. The van der Waals surface area contributed by atoms with E-state index in [-0.39, 0.29) is 10.8 Å². The van der Waals surface area contributed by atoms with Crippen LogP contribution in [0.4, 0.5) is 4.79 Å². The summed E-state index contributed by atoms with van der Waals surface area (Å²) >= 11 is 0. The highest BCUT2D eigenvalue weighted by Gasteiger charge is 2.18. The summed E-state index contributed by atoms with van der Waals surface area (Å²) in [7, 11) is 0.700. The summed E-state index contributed by atoms with van der Waals surface area (Å²) in [6.07, 6.45) is 0.734. The molecule has 0 aliphatic rings. The summed E-state index contributed by atoms with van der Waals surface area (Å²) in [5, 5.41) is 5.54. The van der Waals surface area contributed by atoms with Crippen LogP contribution in [0.15, 0.2) is 18.2 Å². The fraction of sp³-hybridized carbons (Fsp3) is 0.588. The number of urea groups is 1. The van der Waals surface area contributed by atoms with Crippen molar-refractivity contribution >= 4 is 16.8 Å². The molecule has 0 spiro atoms. The number of aryl methyl sites for hydroxylation is 1. The second-order valence-corrected chi connectivity index (χ2v) is 8.72. The van der Waals surface area contributed by atoms with Crippen molar-refractivity contribution in [3.8, 4) is 5.75 Å². The van der Waals surface area contributed by atoms with Gasteiger partial charge in [0.1, 0.15) is 5.75 Å². The van der Waals surface area contributed by atoms with E-state index in [1.54, 1.807) is 7.11 Å². The third-order valence-corrected chi connectivity index (χ3v) is 5.37. The van der Waals surface area contributed by atoms with Gasteiger partial charge in [-0.25, -0.2) is 4.79 Å². The lowest BCUT2D eigenvalue weighted by molar-refractivity contribution is 0.241. The van der Waals surface area contributed by atoms with E-state index in [1.807, 2.05) is 45.9 Å². The van der Waals surface area contributed by atoms with Crippen molar-refractivity contribution < 1.29 is 13.7 Å². The maximum atomic E-state index is 11.9. The number of rotatable bonds is 7. The molecule has 6 heteroatoms. The maximum absolute atomic E-state index is 11.9. The Morgan fingerprint density at radius 3 is 2.48 bits per heavy atom. The van der Waals surface area contributed by atoms with Crippen molar-refractivity contribution in [2.24, 2.45) is 0 Å². The van der Waals surface area contributed by atoms with Crippen molar-refractivity contribution in [1.82, 2.24) is 10.6 Å². The van der Waals surface area contributed by atoms with E-state index in [1.165, 1.54) is 0 Å². The predicted octanol–water partition coefficient (Wildman–Crippen LogP) is 2.39. The van der Waals surface area contributed by atoms with Crippen LogP contribution in [0.5, 0.6) is 5.75 Å². The molecule has 1 aromatic rings. The van der Waals surface area contributed by atoms with Gasteiger partial charge in [0.2, 0.25) is 0 Å². The van der Waals surface area contributed by atoms with Crippen LogP contribution in [0.25, 0.3) is 0 Å².